The van der Waals surface area contributed by atoms with E-state index in [4.69, 9.17) is 15.2 Å². The molecule has 1 heterocycles. The van der Waals surface area contributed by atoms with E-state index in [0.717, 1.165) is 25.9 Å². The van der Waals surface area contributed by atoms with Crippen LogP contribution in [0.4, 0.5) is 0 Å². The van der Waals surface area contributed by atoms with Crippen LogP contribution in [0.1, 0.15) is 46.0 Å². The third-order valence-corrected chi connectivity index (χ3v) is 3.08. The van der Waals surface area contributed by atoms with Gasteiger partial charge in [-0.2, -0.15) is 0 Å². The van der Waals surface area contributed by atoms with Gasteiger partial charge in [-0.15, -0.1) is 24.0 Å². The summed E-state index contributed by atoms with van der Waals surface area (Å²) >= 11 is 0. The number of ether oxygens (including phenoxy) is 2. The van der Waals surface area contributed by atoms with Gasteiger partial charge in [0, 0.05) is 19.5 Å². The van der Waals surface area contributed by atoms with Crippen molar-refractivity contribution in [3.8, 4) is 0 Å². The van der Waals surface area contributed by atoms with Crippen LogP contribution in [0.5, 0.6) is 0 Å². The summed E-state index contributed by atoms with van der Waals surface area (Å²) in [6.07, 6.45) is 5.64. The van der Waals surface area contributed by atoms with Crippen molar-refractivity contribution in [2.45, 2.75) is 51.7 Å². The topological polar surface area (TPSA) is 68.9 Å². The van der Waals surface area contributed by atoms with E-state index >= 15 is 0 Å². The fraction of sp³-hybridized carbons (Fsp3) is 0.923. The van der Waals surface area contributed by atoms with Crippen molar-refractivity contribution >= 4 is 29.9 Å². The Balaban J connectivity index is 0.00000324. The number of hydrogen-bond acceptors (Lipinski definition) is 3. The van der Waals surface area contributed by atoms with Crippen LogP contribution in [0.25, 0.3) is 0 Å². The zero-order valence-electron chi connectivity index (χ0n) is 12.1. The van der Waals surface area contributed by atoms with E-state index < -0.39 is 5.79 Å². The van der Waals surface area contributed by atoms with Gasteiger partial charge in [0.1, 0.15) is 0 Å². The van der Waals surface area contributed by atoms with E-state index in [0.29, 0.717) is 19.2 Å². The number of nitrogens with zero attached hydrogens (tertiary/aromatic N) is 1. The van der Waals surface area contributed by atoms with Gasteiger partial charge in [-0.25, -0.2) is 0 Å². The van der Waals surface area contributed by atoms with Crippen LogP contribution in [0, 0.1) is 0 Å². The minimum atomic E-state index is -0.450. The van der Waals surface area contributed by atoms with E-state index in [-0.39, 0.29) is 24.0 Å². The lowest BCUT2D eigenvalue weighted by molar-refractivity contribution is -0.145. The van der Waals surface area contributed by atoms with Gasteiger partial charge in [0.15, 0.2) is 11.7 Å². The molecule has 0 radical (unpaired) electrons. The molecule has 1 aliphatic rings. The summed E-state index contributed by atoms with van der Waals surface area (Å²) in [4.78, 5) is 4.28. The zero-order valence-corrected chi connectivity index (χ0v) is 14.4. The minimum absolute atomic E-state index is 0. The summed E-state index contributed by atoms with van der Waals surface area (Å²) in [7, 11) is 0. The average molecular weight is 385 g/mol. The molecule has 0 saturated carbocycles. The molecule has 0 aliphatic carbocycles. The van der Waals surface area contributed by atoms with Gasteiger partial charge in [0.2, 0.25) is 0 Å². The Morgan fingerprint density at radius 1 is 1.26 bits per heavy atom. The normalized spacial score (nSPS) is 18.1. The van der Waals surface area contributed by atoms with Crippen LogP contribution in [0.2, 0.25) is 0 Å². The monoisotopic (exact) mass is 385 g/mol. The highest BCUT2D eigenvalue weighted by Crippen LogP contribution is 2.21. The molecule has 0 unspecified atom stereocenters. The summed E-state index contributed by atoms with van der Waals surface area (Å²) in [6.45, 7) is 7.05. The first kappa shape index (κ1) is 18.9. The predicted octanol–water partition coefficient (Wildman–Crippen LogP) is 2.24. The van der Waals surface area contributed by atoms with Crippen molar-refractivity contribution < 1.29 is 9.47 Å². The minimum Gasteiger partial charge on any atom is -0.370 e. The third-order valence-electron chi connectivity index (χ3n) is 3.08. The highest BCUT2D eigenvalue weighted by Gasteiger charge is 2.30. The molecule has 1 rings (SSSR count). The van der Waals surface area contributed by atoms with E-state index in [1.54, 1.807) is 0 Å². The second-order valence-corrected chi connectivity index (χ2v) is 4.84. The molecular formula is C13H28IN3O2. The Hall–Kier alpha value is -0.0800. The Bertz CT molecular complexity index is 256. The Morgan fingerprint density at radius 3 is 2.58 bits per heavy atom. The second kappa shape index (κ2) is 10.7. The molecule has 1 fully saturated rings. The molecule has 0 atom stereocenters. The summed E-state index contributed by atoms with van der Waals surface area (Å²) in [5, 5.41) is 3.09. The van der Waals surface area contributed by atoms with Crippen LogP contribution in [-0.2, 0) is 9.47 Å². The molecule has 1 aliphatic heterocycles. The highest BCUT2D eigenvalue weighted by molar-refractivity contribution is 14.0. The first-order chi connectivity index (χ1) is 8.66. The van der Waals surface area contributed by atoms with Gasteiger partial charge in [-0.3, -0.25) is 4.99 Å². The van der Waals surface area contributed by atoms with Gasteiger partial charge >= 0.3 is 0 Å². The molecule has 5 nitrogen and oxygen atoms in total. The molecule has 6 heteroatoms. The third kappa shape index (κ3) is 8.65. The zero-order chi connectivity index (χ0) is 13.3. The molecule has 114 valence electrons. The van der Waals surface area contributed by atoms with E-state index in [1.807, 2.05) is 6.92 Å². The maximum Gasteiger partial charge on any atom is 0.188 e. The summed E-state index contributed by atoms with van der Waals surface area (Å²) in [5.74, 6) is 0.0714. The smallest absolute Gasteiger partial charge is 0.188 e. The lowest BCUT2D eigenvalue weighted by Crippen LogP contribution is -2.37. The maximum absolute atomic E-state index is 5.77. The average Bonchev–Trinajstić information content (AvgIpc) is 2.76. The molecule has 0 spiro atoms. The Morgan fingerprint density at radius 2 is 1.95 bits per heavy atom. The number of hydrogen-bond donors (Lipinski definition) is 2. The fourth-order valence-electron chi connectivity index (χ4n) is 1.91. The number of unbranched alkanes of at least 4 members (excludes halogenated alkanes) is 3. The molecule has 3 N–H and O–H groups in total. The van der Waals surface area contributed by atoms with Gasteiger partial charge in [0.25, 0.3) is 0 Å². The van der Waals surface area contributed by atoms with Crippen LogP contribution in [-0.4, -0.2) is 38.0 Å². The van der Waals surface area contributed by atoms with Crippen molar-refractivity contribution in [3.05, 3.63) is 0 Å². The predicted molar refractivity (Wildman–Crippen MR) is 89.0 cm³/mol. The first-order valence-electron chi connectivity index (χ1n) is 6.98. The molecule has 0 aromatic carbocycles. The number of aliphatic imine (C=N–C) groups is 1. The van der Waals surface area contributed by atoms with E-state index in [9.17, 15) is 0 Å². The second-order valence-electron chi connectivity index (χ2n) is 4.84. The van der Waals surface area contributed by atoms with Crippen molar-refractivity contribution in [1.82, 2.24) is 5.32 Å². The van der Waals surface area contributed by atoms with Crippen LogP contribution >= 0.6 is 24.0 Å². The maximum atomic E-state index is 5.77. The van der Waals surface area contributed by atoms with Gasteiger partial charge < -0.3 is 20.5 Å². The van der Waals surface area contributed by atoms with Crippen LogP contribution in [0.3, 0.4) is 0 Å². The largest absolute Gasteiger partial charge is 0.370 e. The number of halogens is 1. The lowest BCUT2D eigenvalue weighted by Gasteiger charge is -2.22. The fourth-order valence-corrected chi connectivity index (χ4v) is 1.91. The summed E-state index contributed by atoms with van der Waals surface area (Å²) in [6, 6.07) is 0. The molecular weight excluding hydrogens is 357 g/mol. The van der Waals surface area contributed by atoms with Gasteiger partial charge in [0.05, 0.1) is 13.2 Å². The van der Waals surface area contributed by atoms with Crippen LogP contribution < -0.4 is 11.1 Å². The van der Waals surface area contributed by atoms with Crippen molar-refractivity contribution in [2.75, 3.05) is 26.3 Å². The number of rotatable bonds is 8. The molecule has 0 aromatic heterocycles. The molecule has 19 heavy (non-hydrogen) atoms. The standard InChI is InChI=1S/C13H27N3O2.HI/c1-3-4-5-6-8-15-12(14)16-9-7-13(2)17-10-11-18-13;/h3-11H2,1-2H3,(H3,14,15,16);1H. The number of nitrogens with two attached hydrogens (primary N) is 1. The SMILES string of the molecule is CCCCCCN=C(N)NCCC1(C)OCCO1.I. The first-order valence-corrected chi connectivity index (χ1v) is 6.98. The number of nitrogens with one attached hydrogen (secondary N) is 1. The van der Waals surface area contributed by atoms with E-state index in [2.05, 4.69) is 17.2 Å². The highest BCUT2D eigenvalue weighted by atomic mass is 127. The molecule has 1 saturated heterocycles. The molecule has 0 amide bonds. The van der Waals surface area contributed by atoms with Crippen molar-refractivity contribution in [1.29, 1.82) is 0 Å². The Labute approximate surface area is 133 Å². The van der Waals surface area contributed by atoms with Gasteiger partial charge in [-0.1, -0.05) is 26.2 Å². The van der Waals surface area contributed by atoms with Crippen molar-refractivity contribution in [3.63, 3.8) is 0 Å². The summed E-state index contributed by atoms with van der Waals surface area (Å²) in [5.41, 5.74) is 5.77. The molecule has 0 bridgehead atoms. The van der Waals surface area contributed by atoms with E-state index in [1.165, 1.54) is 19.3 Å². The van der Waals surface area contributed by atoms with Crippen LogP contribution in [0.15, 0.2) is 4.99 Å². The quantitative estimate of drug-likeness (QED) is 0.291. The number of guanidine groups is 1. The summed E-state index contributed by atoms with van der Waals surface area (Å²) < 4.78 is 11.0. The Kier molecular flexibility index (Phi) is 10.6. The van der Waals surface area contributed by atoms with Crippen molar-refractivity contribution in [2.24, 2.45) is 10.7 Å². The lowest BCUT2D eigenvalue weighted by atomic mass is 10.2. The molecule has 0 aromatic rings. The van der Waals surface area contributed by atoms with Gasteiger partial charge in [-0.05, 0) is 13.3 Å².